The van der Waals surface area contributed by atoms with Crippen molar-refractivity contribution in [3.05, 3.63) is 0 Å². The topological polar surface area (TPSA) is 49.8 Å². The Hall–Kier alpha value is -0.770. The van der Waals surface area contributed by atoms with Crippen molar-refractivity contribution < 1.29 is 14.6 Å². The Balaban J connectivity index is 2.15. The molecule has 1 aliphatic heterocycles. The van der Waals surface area contributed by atoms with Crippen molar-refractivity contribution in [3.8, 4) is 0 Å². The van der Waals surface area contributed by atoms with E-state index >= 15 is 0 Å². The first-order chi connectivity index (χ1) is 8.27. The molecule has 0 unspecified atom stereocenters. The van der Waals surface area contributed by atoms with E-state index in [9.17, 15) is 4.79 Å². The van der Waals surface area contributed by atoms with E-state index in [1.807, 2.05) is 4.90 Å². The van der Waals surface area contributed by atoms with Crippen molar-refractivity contribution >= 4 is 6.09 Å². The van der Waals surface area contributed by atoms with Crippen LogP contribution in [0.5, 0.6) is 0 Å². The van der Waals surface area contributed by atoms with E-state index in [2.05, 4.69) is 6.92 Å². The molecule has 17 heavy (non-hydrogen) atoms. The predicted octanol–water partition coefficient (Wildman–Crippen LogP) is 2.41. The standard InChI is InChI=1S/C13H25NO3/c1-2-3-11-17-13(16)14-8-6-12(7-9-14)5-4-10-15/h12,15H,2-11H2,1H3. The Bertz CT molecular complexity index is 213. The lowest BCUT2D eigenvalue weighted by molar-refractivity contribution is 0.0850. The summed E-state index contributed by atoms with van der Waals surface area (Å²) in [5.41, 5.74) is 0. The summed E-state index contributed by atoms with van der Waals surface area (Å²) < 4.78 is 5.19. The third kappa shape index (κ3) is 5.39. The third-order valence-electron chi connectivity index (χ3n) is 3.37. The van der Waals surface area contributed by atoms with Gasteiger partial charge in [0.25, 0.3) is 0 Å². The summed E-state index contributed by atoms with van der Waals surface area (Å²) in [6, 6.07) is 0. The van der Waals surface area contributed by atoms with E-state index in [0.717, 1.165) is 51.6 Å². The van der Waals surface area contributed by atoms with Crippen LogP contribution in [0.2, 0.25) is 0 Å². The van der Waals surface area contributed by atoms with Gasteiger partial charge in [-0.2, -0.15) is 0 Å². The number of piperidine rings is 1. The molecule has 0 atom stereocenters. The highest BCUT2D eigenvalue weighted by atomic mass is 16.6. The second-order valence-electron chi connectivity index (χ2n) is 4.76. The van der Waals surface area contributed by atoms with Crippen molar-refractivity contribution in [2.24, 2.45) is 5.92 Å². The van der Waals surface area contributed by atoms with E-state index in [-0.39, 0.29) is 12.7 Å². The monoisotopic (exact) mass is 243 g/mol. The van der Waals surface area contributed by atoms with Gasteiger partial charge in [-0.25, -0.2) is 4.79 Å². The zero-order valence-corrected chi connectivity index (χ0v) is 10.9. The first kappa shape index (κ1) is 14.3. The van der Waals surface area contributed by atoms with Crippen LogP contribution in [0.1, 0.15) is 45.4 Å². The molecule has 0 aromatic heterocycles. The normalized spacial score (nSPS) is 17.2. The van der Waals surface area contributed by atoms with Gasteiger partial charge < -0.3 is 14.7 Å². The quantitative estimate of drug-likeness (QED) is 0.729. The average Bonchev–Trinajstić information content (AvgIpc) is 2.37. The van der Waals surface area contributed by atoms with Crippen molar-refractivity contribution in [1.82, 2.24) is 4.90 Å². The maximum atomic E-state index is 11.7. The van der Waals surface area contributed by atoms with Gasteiger partial charge >= 0.3 is 6.09 Å². The van der Waals surface area contributed by atoms with Gasteiger partial charge in [0.1, 0.15) is 0 Å². The lowest BCUT2D eigenvalue weighted by atomic mass is 9.92. The number of hydrogen-bond acceptors (Lipinski definition) is 3. The molecular weight excluding hydrogens is 218 g/mol. The molecule has 0 spiro atoms. The van der Waals surface area contributed by atoms with Gasteiger partial charge in [-0.3, -0.25) is 0 Å². The number of carbonyl (C=O) groups excluding carboxylic acids is 1. The van der Waals surface area contributed by atoms with E-state index in [1.165, 1.54) is 0 Å². The molecule has 0 aromatic rings. The maximum absolute atomic E-state index is 11.7. The fourth-order valence-electron chi connectivity index (χ4n) is 2.18. The molecule has 0 radical (unpaired) electrons. The molecular formula is C13H25NO3. The second kappa shape index (κ2) is 8.34. The van der Waals surface area contributed by atoms with Crippen molar-refractivity contribution in [3.63, 3.8) is 0 Å². The summed E-state index contributed by atoms with van der Waals surface area (Å²) in [6.07, 6.45) is 5.89. The van der Waals surface area contributed by atoms with Crippen LogP contribution in [-0.4, -0.2) is 42.4 Å². The molecule has 4 heteroatoms. The molecule has 1 amide bonds. The number of rotatable bonds is 6. The van der Waals surface area contributed by atoms with Crippen molar-refractivity contribution in [1.29, 1.82) is 0 Å². The number of nitrogens with zero attached hydrogens (tertiary/aromatic N) is 1. The van der Waals surface area contributed by atoms with Gasteiger partial charge in [-0.05, 0) is 38.0 Å². The molecule has 0 saturated carbocycles. The lowest BCUT2D eigenvalue weighted by Crippen LogP contribution is -2.39. The molecule has 100 valence electrons. The van der Waals surface area contributed by atoms with E-state index in [0.29, 0.717) is 12.5 Å². The van der Waals surface area contributed by atoms with E-state index < -0.39 is 0 Å². The molecule has 1 fully saturated rings. The molecule has 4 nitrogen and oxygen atoms in total. The van der Waals surface area contributed by atoms with Crippen molar-refractivity contribution in [2.75, 3.05) is 26.3 Å². The highest BCUT2D eigenvalue weighted by Crippen LogP contribution is 2.22. The van der Waals surface area contributed by atoms with Crippen LogP contribution in [0.3, 0.4) is 0 Å². The highest BCUT2D eigenvalue weighted by molar-refractivity contribution is 5.67. The van der Waals surface area contributed by atoms with Crippen LogP contribution >= 0.6 is 0 Å². The number of hydrogen-bond donors (Lipinski definition) is 1. The van der Waals surface area contributed by atoms with Gasteiger partial charge in [0, 0.05) is 19.7 Å². The third-order valence-corrected chi connectivity index (χ3v) is 3.37. The minimum atomic E-state index is -0.154. The number of ether oxygens (including phenoxy) is 1. The lowest BCUT2D eigenvalue weighted by Gasteiger charge is -2.31. The first-order valence-corrected chi connectivity index (χ1v) is 6.80. The minimum absolute atomic E-state index is 0.154. The zero-order chi connectivity index (χ0) is 12.5. The summed E-state index contributed by atoms with van der Waals surface area (Å²) in [4.78, 5) is 13.5. The number of amides is 1. The second-order valence-corrected chi connectivity index (χ2v) is 4.76. The van der Waals surface area contributed by atoms with Crippen LogP contribution in [0.15, 0.2) is 0 Å². The average molecular weight is 243 g/mol. The van der Waals surface area contributed by atoms with Gasteiger partial charge in [0.05, 0.1) is 6.61 Å². The zero-order valence-electron chi connectivity index (χ0n) is 10.9. The number of carbonyl (C=O) groups is 1. The molecule has 0 aromatic carbocycles. The summed E-state index contributed by atoms with van der Waals surface area (Å²) in [5, 5.41) is 8.77. The summed E-state index contributed by atoms with van der Waals surface area (Å²) >= 11 is 0. The largest absolute Gasteiger partial charge is 0.449 e. The Morgan fingerprint density at radius 3 is 2.65 bits per heavy atom. The fraction of sp³-hybridized carbons (Fsp3) is 0.923. The van der Waals surface area contributed by atoms with Crippen LogP contribution in [-0.2, 0) is 4.74 Å². The van der Waals surface area contributed by atoms with Crippen LogP contribution in [0.25, 0.3) is 0 Å². The van der Waals surface area contributed by atoms with Gasteiger partial charge in [0.2, 0.25) is 0 Å². The molecule has 1 N–H and O–H groups in total. The summed E-state index contributed by atoms with van der Waals surface area (Å²) in [5.74, 6) is 0.668. The van der Waals surface area contributed by atoms with Crippen LogP contribution in [0.4, 0.5) is 4.79 Å². The van der Waals surface area contributed by atoms with Crippen LogP contribution in [0, 0.1) is 5.92 Å². The predicted molar refractivity (Wildman–Crippen MR) is 66.9 cm³/mol. The number of likely N-dealkylation sites (tertiary alicyclic amines) is 1. The minimum Gasteiger partial charge on any atom is -0.449 e. The van der Waals surface area contributed by atoms with Crippen LogP contribution < -0.4 is 0 Å². The van der Waals surface area contributed by atoms with Gasteiger partial charge in [-0.15, -0.1) is 0 Å². The Morgan fingerprint density at radius 1 is 1.35 bits per heavy atom. The van der Waals surface area contributed by atoms with E-state index in [1.54, 1.807) is 0 Å². The Labute approximate surface area is 104 Å². The van der Waals surface area contributed by atoms with Gasteiger partial charge in [0.15, 0.2) is 0 Å². The highest BCUT2D eigenvalue weighted by Gasteiger charge is 2.23. The maximum Gasteiger partial charge on any atom is 0.409 e. The fourth-order valence-corrected chi connectivity index (χ4v) is 2.18. The summed E-state index contributed by atoms with van der Waals surface area (Å²) in [6.45, 7) is 4.52. The van der Waals surface area contributed by atoms with Gasteiger partial charge in [-0.1, -0.05) is 13.3 Å². The molecule has 0 bridgehead atoms. The molecule has 1 rings (SSSR count). The SMILES string of the molecule is CCCCOC(=O)N1CCC(CCCO)CC1. The Kier molecular flexibility index (Phi) is 7.01. The Morgan fingerprint density at radius 2 is 2.06 bits per heavy atom. The molecule has 1 heterocycles. The molecule has 0 aliphatic carbocycles. The first-order valence-electron chi connectivity index (χ1n) is 6.80. The smallest absolute Gasteiger partial charge is 0.409 e. The number of aliphatic hydroxyl groups excluding tert-OH is 1. The molecule has 1 aliphatic rings. The molecule has 1 saturated heterocycles. The van der Waals surface area contributed by atoms with E-state index in [4.69, 9.17) is 9.84 Å². The van der Waals surface area contributed by atoms with Crippen molar-refractivity contribution in [2.45, 2.75) is 45.4 Å². The number of aliphatic hydroxyl groups is 1. The summed E-state index contributed by atoms with van der Waals surface area (Å²) in [7, 11) is 0. The number of unbranched alkanes of at least 4 members (excludes halogenated alkanes) is 1.